The summed E-state index contributed by atoms with van der Waals surface area (Å²) in [6, 6.07) is 3.83. The monoisotopic (exact) mass is 458 g/mol. The van der Waals surface area contributed by atoms with Gasteiger partial charge in [0.1, 0.15) is 17.4 Å². The van der Waals surface area contributed by atoms with Crippen molar-refractivity contribution in [1.82, 2.24) is 25.4 Å². The lowest BCUT2D eigenvalue weighted by Crippen LogP contribution is -2.37. The molecular formula is C17H27IN6O. The van der Waals surface area contributed by atoms with Crippen molar-refractivity contribution in [3.63, 3.8) is 0 Å². The van der Waals surface area contributed by atoms with Gasteiger partial charge in [-0.3, -0.25) is 4.99 Å². The lowest BCUT2D eigenvalue weighted by atomic mass is 10.2. The van der Waals surface area contributed by atoms with E-state index < -0.39 is 0 Å². The van der Waals surface area contributed by atoms with E-state index in [0.29, 0.717) is 6.54 Å². The number of aryl methyl sites for hydroxylation is 2. The van der Waals surface area contributed by atoms with Crippen LogP contribution in [0.5, 0.6) is 0 Å². The van der Waals surface area contributed by atoms with Gasteiger partial charge < -0.3 is 19.6 Å². The van der Waals surface area contributed by atoms with Gasteiger partial charge in [-0.1, -0.05) is 6.42 Å². The first-order valence-electron chi connectivity index (χ1n) is 8.74. The first-order valence-corrected chi connectivity index (χ1v) is 8.74. The summed E-state index contributed by atoms with van der Waals surface area (Å²) in [5, 5.41) is 15.3. The number of hydrogen-bond acceptors (Lipinski definition) is 4. The van der Waals surface area contributed by atoms with E-state index in [2.05, 4.69) is 30.4 Å². The highest BCUT2D eigenvalue weighted by atomic mass is 127. The van der Waals surface area contributed by atoms with Crippen molar-refractivity contribution >= 4 is 29.9 Å². The molecular weight excluding hydrogens is 431 g/mol. The molecule has 0 atom stereocenters. The maximum absolute atomic E-state index is 5.30. The third kappa shape index (κ3) is 5.72. The Hall–Kier alpha value is -1.58. The summed E-state index contributed by atoms with van der Waals surface area (Å²) in [7, 11) is 1.77. The van der Waals surface area contributed by atoms with E-state index in [4.69, 9.17) is 4.42 Å². The van der Waals surface area contributed by atoms with Crippen LogP contribution in [0.4, 0.5) is 0 Å². The number of furan rings is 1. The van der Waals surface area contributed by atoms with Crippen LogP contribution in [0.2, 0.25) is 0 Å². The largest absolute Gasteiger partial charge is 0.467 e. The van der Waals surface area contributed by atoms with Gasteiger partial charge in [0, 0.05) is 33.0 Å². The molecule has 8 heteroatoms. The Kier molecular flexibility index (Phi) is 8.23. The van der Waals surface area contributed by atoms with Crippen LogP contribution in [0, 0.1) is 0 Å². The first kappa shape index (κ1) is 19.7. The molecule has 2 aromatic heterocycles. The van der Waals surface area contributed by atoms with Crippen molar-refractivity contribution in [3.05, 3.63) is 35.8 Å². The minimum atomic E-state index is 0. The molecule has 0 bridgehead atoms. The zero-order chi connectivity index (χ0) is 16.6. The topological polar surface area (TPSA) is 80.3 Å². The minimum Gasteiger partial charge on any atom is -0.467 e. The Morgan fingerprint density at radius 2 is 2.20 bits per heavy atom. The van der Waals surface area contributed by atoms with E-state index >= 15 is 0 Å². The molecule has 25 heavy (non-hydrogen) atoms. The van der Waals surface area contributed by atoms with Crippen LogP contribution >= 0.6 is 24.0 Å². The standard InChI is InChI=1S/C17H26N6O.HI/c1-18-17(20-13-14-7-6-12-24-14)19-10-5-9-16-22-21-15-8-3-2-4-11-23(15)16;/h6-7,12H,2-5,8-11,13H2,1H3,(H2,18,19,20);1H. The van der Waals surface area contributed by atoms with Gasteiger partial charge in [0.25, 0.3) is 0 Å². The van der Waals surface area contributed by atoms with Crippen LogP contribution in [0.1, 0.15) is 43.1 Å². The van der Waals surface area contributed by atoms with Gasteiger partial charge in [-0.25, -0.2) is 0 Å². The van der Waals surface area contributed by atoms with Crippen LogP contribution in [-0.4, -0.2) is 34.3 Å². The SMILES string of the molecule is CN=C(NCCCc1nnc2n1CCCCC2)NCc1ccco1.I. The van der Waals surface area contributed by atoms with Crippen LogP contribution in [0.25, 0.3) is 0 Å². The minimum absolute atomic E-state index is 0. The van der Waals surface area contributed by atoms with Gasteiger partial charge in [-0.05, 0) is 31.4 Å². The molecule has 2 N–H and O–H groups in total. The molecule has 0 saturated heterocycles. The molecule has 3 rings (SSSR count). The normalized spacial score (nSPS) is 14.4. The van der Waals surface area contributed by atoms with Gasteiger partial charge >= 0.3 is 0 Å². The van der Waals surface area contributed by atoms with Gasteiger partial charge in [0.05, 0.1) is 12.8 Å². The quantitative estimate of drug-likeness (QED) is 0.301. The molecule has 3 heterocycles. The molecule has 7 nitrogen and oxygen atoms in total. The molecule has 0 spiro atoms. The van der Waals surface area contributed by atoms with Crippen molar-refractivity contribution in [2.75, 3.05) is 13.6 Å². The summed E-state index contributed by atoms with van der Waals surface area (Å²) in [5.74, 6) is 3.95. The Bertz CT molecular complexity index is 652. The van der Waals surface area contributed by atoms with Crippen molar-refractivity contribution in [2.45, 2.75) is 51.6 Å². The molecule has 1 aliphatic heterocycles. The zero-order valence-corrected chi connectivity index (χ0v) is 17.0. The average Bonchev–Trinajstić information content (AvgIpc) is 3.19. The lowest BCUT2D eigenvalue weighted by molar-refractivity contribution is 0.501. The van der Waals surface area contributed by atoms with Crippen LogP contribution < -0.4 is 10.6 Å². The lowest BCUT2D eigenvalue weighted by Gasteiger charge is -2.11. The van der Waals surface area contributed by atoms with Crippen LogP contribution in [0.3, 0.4) is 0 Å². The number of guanidine groups is 1. The summed E-state index contributed by atoms with van der Waals surface area (Å²) < 4.78 is 7.62. The smallest absolute Gasteiger partial charge is 0.191 e. The molecule has 2 aromatic rings. The second-order valence-electron chi connectivity index (χ2n) is 6.03. The molecule has 0 saturated carbocycles. The van der Waals surface area contributed by atoms with E-state index in [1.807, 2.05) is 12.1 Å². The highest BCUT2D eigenvalue weighted by Crippen LogP contribution is 2.15. The number of nitrogens with one attached hydrogen (secondary N) is 2. The number of hydrogen-bond donors (Lipinski definition) is 2. The maximum atomic E-state index is 5.30. The Morgan fingerprint density at radius 3 is 3.00 bits per heavy atom. The van der Waals surface area contributed by atoms with E-state index in [9.17, 15) is 0 Å². The van der Waals surface area contributed by atoms with E-state index in [1.54, 1.807) is 13.3 Å². The van der Waals surface area contributed by atoms with Crippen LogP contribution in [0.15, 0.2) is 27.8 Å². The second kappa shape index (κ2) is 10.4. The van der Waals surface area contributed by atoms with E-state index in [1.165, 1.54) is 19.3 Å². The average molecular weight is 458 g/mol. The molecule has 138 valence electrons. The van der Waals surface area contributed by atoms with Crippen molar-refractivity contribution in [2.24, 2.45) is 4.99 Å². The summed E-state index contributed by atoms with van der Waals surface area (Å²) in [4.78, 5) is 4.22. The fraction of sp³-hybridized carbons (Fsp3) is 0.588. The Morgan fingerprint density at radius 1 is 1.28 bits per heavy atom. The van der Waals surface area contributed by atoms with E-state index in [-0.39, 0.29) is 24.0 Å². The predicted octanol–water partition coefficient (Wildman–Crippen LogP) is 2.51. The molecule has 0 aromatic carbocycles. The molecule has 1 aliphatic rings. The number of rotatable bonds is 6. The molecule has 0 unspecified atom stereocenters. The van der Waals surface area contributed by atoms with Gasteiger partial charge in [-0.2, -0.15) is 0 Å². The van der Waals surface area contributed by atoms with Crippen LogP contribution in [-0.2, 0) is 25.9 Å². The summed E-state index contributed by atoms with van der Waals surface area (Å²) in [6.45, 7) is 2.54. The first-order chi connectivity index (χ1) is 11.9. The molecule has 0 radical (unpaired) electrons. The highest BCUT2D eigenvalue weighted by molar-refractivity contribution is 14.0. The predicted molar refractivity (Wildman–Crippen MR) is 108 cm³/mol. The van der Waals surface area contributed by atoms with E-state index in [0.717, 1.165) is 55.7 Å². The maximum Gasteiger partial charge on any atom is 0.191 e. The number of halogens is 1. The number of aliphatic imine (C=N–C) groups is 1. The fourth-order valence-electron chi connectivity index (χ4n) is 2.99. The summed E-state index contributed by atoms with van der Waals surface area (Å²) in [6.07, 6.45) is 8.44. The summed E-state index contributed by atoms with van der Waals surface area (Å²) in [5.41, 5.74) is 0. The second-order valence-corrected chi connectivity index (χ2v) is 6.03. The van der Waals surface area contributed by atoms with Gasteiger partial charge in [0.2, 0.25) is 0 Å². The Balaban J connectivity index is 0.00000225. The third-order valence-corrected chi connectivity index (χ3v) is 4.29. The number of nitrogens with zero attached hydrogens (tertiary/aromatic N) is 4. The third-order valence-electron chi connectivity index (χ3n) is 4.29. The summed E-state index contributed by atoms with van der Waals surface area (Å²) >= 11 is 0. The zero-order valence-electron chi connectivity index (χ0n) is 14.7. The highest BCUT2D eigenvalue weighted by Gasteiger charge is 2.14. The Labute approximate surface area is 165 Å². The number of fused-ring (bicyclic) bond motifs is 1. The van der Waals surface area contributed by atoms with Gasteiger partial charge in [0.15, 0.2) is 5.96 Å². The molecule has 0 amide bonds. The van der Waals surface area contributed by atoms with Crippen molar-refractivity contribution in [1.29, 1.82) is 0 Å². The molecule has 0 aliphatic carbocycles. The number of aromatic nitrogens is 3. The van der Waals surface area contributed by atoms with Gasteiger partial charge in [-0.15, -0.1) is 34.2 Å². The molecule has 0 fully saturated rings. The fourth-order valence-corrected chi connectivity index (χ4v) is 2.99. The van der Waals surface area contributed by atoms with Crippen molar-refractivity contribution in [3.8, 4) is 0 Å². The van der Waals surface area contributed by atoms with Crippen molar-refractivity contribution < 1.29 is 4.42 Å².